The van der Waals surface area contributed by atoms with Gasteiger partial charge >= 0.3 is 5.69 Å². The van der Waals surface area contributed by atoms with Gasteiger partial charge in [-0.1, -0.05) is 0 Å². The van der Waals surface area contributed by atoms with Crippen molar-refractivity contribution < 1.29 is 23.5 Å². The number of hydrogen-bond donors (Lipinski definition) is 3. The van der Waals surface area contributed by atoms with Gasteiger partial charge in [-0.05, 0) is 6.88 Å². The number of nitrogens with zero attached hydrogens (tertiary/aromatic N) is 1. The van der Waals surface area contributed by atoms with Crippen LogP contribution in [0, 0.1) is 5.82 Å². The van der Waals surface area contributed by atoms with Crippen molar-refractivity contribution in [3.05, 3.63) is 32.9 Å². The van der Waals surface area contributed by atoms with E-state index >= 15 is 0 Å². The number of halogens is 1. The first kappa shape index (κ1) is 8.56. The Labute approximate surface area is 98.3 Å². The number of nitrogens with one attached hydrogen (secondary N) is 1. The normalized spacial score (nSPS) is 40.0. The Kier molecular flexibility index (Phi) is 2.04. The quantitative estimate of drug-likeness (QED) is 0.551. The summed E-state index contributed by atoms with van der Waals surface area (Å²) in [5.41, 5.74) is -2.39. The van der Waals surface area contributed by atoms with Gasteiger partial charge in [0.05, 0.1) is 13.6 Å². The maximum absolute atomic E-state index is 13.2. The molecule has 3 N–H and O–H groups in total. The van der Waals surface area contributed by atoms with Crippen LogP contribution in [0.2, 0.25) is 0 Å². The Morgan fingerprint density at radius 1 is 1.59 bits per heavy atom. The molecule has 1 fully saturated rings. The molecule has 2 rings (SSSR count). The highest BCUT2D eigenvalue weighted by molar-refractivity contribution is 4.93. The zero-order chi connectivity index (χ0) is 15.2. The predicted octanol–water partition coefficient (Wildman–Crippen LogP) is -1.69. The first-order chi connectivity index (χ1) is 9.18. The Bertz CT molecular complexity index is 635. The van der Waals surface area contributed by atoms with Gasteiger partial charge in [0.15, 0.2) is 6.23 Å². The van der Waals surface area contributed by atoms with Gasteiger partial charge in [-0.15, -0.1) is 0 Å². The molecule has 17 heavy (non-hydrogen) atoms. The number of aromatic nitrogens is 2. The van der Waals surface area contributed by atoms with Crippen molar-refractivity contribution >= 4 is 0 Å². The van der Waals surface area contributed by atoms with Crippen molar-refractivity contribution in [2.75, 3.05) is 0 Å². The summed E-state index contributed by atoms with van der Waals surface area (Å²) in [7, 11) is 0. The van der Waals surface area contributed by atoms with Crippen LogP contribution in [0.15, 0.2) is 15.8 Å². The summed E-state index contributed by atoms with van der Waals surface area (Å²) in [6.45, 7) is -1.99. The monoisotopic (exact) mass is 249 g/mol. The van der Waals surface area contributed by atoms with E-state index in [1.165, 1.54) is 0 Å². The van der Waals surface area contributed by atoms with Crippen LogP contribution in [-0.2, 0) is 4.74 Å². The minimum Gasteiger partial charge on any atom is -0.388 e. The van der Waals surface area contributed by atoms with Gasteiger partial charge in [0.1, 0.15) is 12.2 Å². The molecule has 1 aromatic rings. The highest BCUT2D eigenvalue weighted by Crippen LogP contribution is 2.27. The average Bonchev–Trinajstić information content (AvgIpc) is 2.60. The average molecular weight is 249 g/mol. The van der Waals surface area contributed by atoms with E-state index in [2.05, 4.69) is 0 Å². The largest absolute Gasteiger partial charge is 0.388 e. The zero-order valence-electron chi connectivity index (χ0n) is 11.3. The predicted molar refractivity (Wildman–Crippen MR) is 52.9 cm³/mol. The van der Waals surface area contributed by atoms with Gasteiger partial charge in [0.2, 0.25) is 5.82 Å². The van der Waals surface area contributed by atoms with Gasteiger partial charge < -0.3 is 14.9 Å². The summed E-state index contributed by atoms with van der Waals surface area (Å²) < 4.78 is 40.4. The van der Waals surface area contributed by atoms with E-state index in [0.717, 1.165) is 0 Å². The van der Waals surface area contributed by atoms with Gasteiger partial charge in [-0.25, -0.2) is 4.79 Å². The van der Waals surface area contributed by atoms with Gasteiger partial charge in [0.25, 0.3) is 5.56 Å². The number of aromatic amines is 1. The van der Waals surface area contributed by atoms with Crippen LogP contribution in [0.25, 0.3) is 0 Å². The van der Waals surface area contributed by atoms with Gasteiger partial charge in [-0.2, -0.15) is 4.39 Å². The molecule has 0 saturated carbocycles. The summed E-state index contributed by atoms with van der Waals surface area (Å²) in [6, 6.07) is 0. The summed E-state index contributed by atoms with van der Waals surface area (Å²) in [6.07, 6.45) is -7.53. The highest BCUT2D eigenvalue weighted by Gasteiger charge is 2.41. The van der Waals surface area contributed by atoms with Crippen LogP contribution in [0.3, 0.4) is 0 Å². The number of aliphatic hydroxyl groups is 2. The molecular weight excluding hydrogens is 235 g/mol. The molecule has 94 valence electrons. The fraction of sp³-hybridized carbons (Fsp3) is 0.556. The fourth-order valence-electron chi connectivity index (χ4n) is 1.47. The Morgan fingerprint density at radius 2 is 2.29 bits per heavy atom. The molecule has 0 bridgehead atoms. The molecule has 0 radical (unpaired) electrons. The van der Waals surface area contributed by atoms with Crippen molar-refractivity contribution in [1.82, 2.24) is 9.55 Å². The minimum atomic E-state index is -2.50. The Hall–Kier alpha value is -1.51. The Morgan fingerprint density at radius 3 is 2.88 bits per heavy atom. The molecule has 1 aliphatic rings. The number of aliphatic hydroxyl groups excluding tert-OH is 2. The lowest BCUT2D eigenvalue weighted by atomic mass is 10.1. The third-order valence-electron chi connectivity index (χ3n) is 2.36. The maximum atomic E-state index is 13.2. The lowest BCUT2D eigenvalue weighted by Crippen LogP contribution is -2.38. The van der Waals surface area contributed by atoms with E-state index in [9.17, 15) is 24.2 Å². The summed E-state index contributed by atoms with van der Waals surface area (Å²) in [4.78, 5) is 24.0. The first-order valence-electron chi connectivity index (χ1n) is 6.23. The zero-order valence-corrected chi connectivity index (χ0v) is 8.33. The first-order valence-corrected chi connectivity index (χ1v) is 4.58. The molecule has 1 aromatic heterocycles. The van der Waals surface area contributed by atoms with E-state index in [0.29, 0.717) is 10.8 Å². The number of hydrogen-bond acceptors (Lipinski definition) is 5. The van der Waals surface area contributed by atoms with Crippen molar-refractivity contribution in [3.8, 4) is 0 Å². The smallest absolute Gasteiger partial charge is 0.330 e. The SMILES string of the molecule is [2H]C([2H])[C@@]1([2H])O[C@@H](n2cc(F)c(=O)[nH]c2=O)[C@H](O)[C@@H]1O. The Balaban J connectivity index is 2.48. The second kappa shape index (κ2) is 4.06. The molecule has 0 spiro atoms. The van der Waals surface area contributed by atoms with Crippen LogP contribution < -0.4 is 11.2 Å². The van der Waals surface area contributed by atoms with Crippen LogP contribution in [0.4, 0.5) is 4.39 Å². The minimum absolute atomic E-state index is 0.448. The van der Waals surface area contributed by atoms with Crippen molar-refractivity contribution in [2.24, 2.45) is 0 Å². The third-order valence-corrected chi connectivity index (χ3v) is 2.36. The molecule has 0 amide bonds. The topological polar surface area (TPSA) is 105 Å². The van der Waals surface area contributed by atoms with Crippen LogP contribution in [0.5, 0.6) is 0 Å². The van der Waals surface area contributed by atoms with Gasteiger partial charge in [-0.3, -0.25) is 14.3 Å². The number of ether oxygens (including phenoxy) is 1. The molecular formula is C9H11FN2O5. The van der Waals surface area contributed by atoms with Crippen LogP contribution in [0.1, 0.15) is 17.2 Å². The van der Waals surface area contributed by atoms with Crippen molar-refractivity contribution in [3.63, 3.8) is 0 Å². The van der Waals surface area contributed by atoms with E-state index in [4.69, 9.17) is 8.85 Å². The summed E-state index contributed by atoms with van der Waals surface area (Å²) in [5.74, 6) is -1.33. The number of H-pyrrole nitrogens is 1. The van der Waals surface area contributed by atoms with Crippen molar-refractivity contribution in [2.45, 2.75) is 31.4 Å². The molecule has 8 heteroatoms. The third kappa shape index (κ3) is 1.90. The summed E-state index contributed by atoms with van der Waals surface area (Å²) >= 11 is 0. The lowest BCUT2D eigenvalue weighted by molar-refractivity contribution is -0.0356. The second-order valence-electron chi connectivity index (χ2n) is 3.49. The molecule has 2 heterocycles. The summed E-state index contributed by atoms with van der Waals surface area (Å²) in [5, 5.41) is 19.4. The standard InChI is InChI=1S/C9H11FN2O5/c1-3-5(13)6(14)8(17-3)12-2-4(10)7(15)11-9(12)16/h2-3,5-6,8,13-14H,1H3,(H,11,15,16)/t3-,5-,6-,8-/m1/s1/i1D2,3D. The van der Waals surface area contributed by atoms with E-state index in [1.807, 2.05) is 0 Å². The molecule has 0 aromatic carbocycles. The highest BCUT2D eigenvalue weighted by atomic mass is 19.1. The number of rotatable bonds is 1. The van der Waals surface area contributed by atoms with E-state index in [-0.39, 0.29) is 0 Å². The lowest BCUT2D eigenvalue weighted by Gasteiger charge is -2.16. The maximum Gasteiger partial charge on any atom is 0.330 e. The molecule has 0 unspecified atom stereocenters. The molecule has 1 aliphatic heterocycles. The molecule has 1 saturated heterocycles. The van der Waals surface area contributed by atoms with Crippen LogP contribution >= 0.6 is 0 Å². The second-order valence-corrected chi connectivity index (χ2v) is 3.49. The van der Waals surface area contributed by atoms with E-state index in [1.54, 1.807) is 4.98 Å². The van der Waals surface area contributed by atoms with Crippen LogP contribution in [-0.4, -0.2) is 38.1 Å². The molecule has 7 nitrogen and oxygen atoms in total. The molecule has 0 aliphatic carbocycles. The molecule has 4 atom stereocenters. The van der Waals surface area contributed by atoms with E-state index < -0.39 is 48.5 Å². The van der Waals surface area contributed by atoms with Crippen molar-refractivity contribution in [1.29, 1.82) is 0 Å². The fourth-order valence-corrected chi connectivity index (χ4v) is 1.47. The van der Waals surface area contributed by atoms with Gasteiger partial charge in [0, 0.05) is 2.74 Å².